The van der Waals surface area contributed by atoms with Crippen molar-refractivity contribution in [2.45, 2.75) is 32.9 Å². The maximum absolute atomic E-state index is 13.1. The van der Waals surface area contributed by atoms with Gasteiger partial charge in [-0.05, 0) is 42.8 Å². The topological polar surface area (TPSA) is 99.8 Å². The van der Waals surface area contributed by atoms with Crippen molar-refractivity contribution in [1.82, 2.24) is 29.3 Å². The lowest BCUT2D eigenvalue weighted by molar-refractivity contribution is 0.102. The van der Waals surface area contributed by atoms with Crippen molar-refractivity contribution in [3.8, 4) is 5.88 Å². The number of amides is 1. The van der Waals surface area contributed by atoms with Gasteiger partial charge in [-0.25, -0.2) is 9.97 Å². The van der Waals surface area contributed by atoms with Crippen molar-refractivity contribution in [1.29, 1.82) is 0 Å². The highest BCUT2D eigenvalue weighted by molar-refractivity contribution is 7.11. The molecule has 5 rings (SSSR count). The molecule has 0 fully saturated rings. The van der Waals surface area contributed by atoms with Crippen LogP contribution in [0.3, 0.4) is 0 Å². The van der Waals surface area contributed by atoms with E-state index in [4.69, 9.17) is 9.72 Å². The normalized spacial score (nSPS) is 11.4. The van der Waals surface area contributed by atoms with Gasteiger partial charge in [0.1, 0.15) is 17.7 Å². The number of ether oxygens (including phenoxy) is 1. The summed E-state index contributed by atoms with van der Waals surface area (Å²) in [5.41, 5.74) is 1.61. The Balaban J connectivity index is 1.61. The Bertz CT molecular complexity index is 1390. The summed E-state index contributed by atoms with van der Waals surface area (Å²) in [7, 11) is 1.49. The molecule has 174 valence electrons. The Morgan fingerprint density at radius 3 is 2.41 bits per heavy atom. The van der Waals surface area contributed by atoms with Gasteiger partial charge in [-0.15, -0.1) is 27.8 Å². The molecule has 1 N–H and O–H groups in total. The molecule has 0 saturated heterocycles. The molecule has 0 aliphatic rings. The molecule has 0 aliphatic carbocycles. The van der Waals surface area contributed by atoms with E-state index >= 15 is 0 Å². The number of carbonyl (C=O) groups is 1. The van der Waals surface area contributed by atoms with Gasteiger partial charge in [0.15, 0.2) is 5.65 Å². The number of fused-ring (bicyclic) bond motifs is 1. The summed E-state index contributed by atoms with van der Waals surface area (Å²) in [6, 6.07) is 10.1. The van der Waals surface area contributed by atoms with Crippen LogP contribution in [0.15, 0.2) is 47.4 Å². The lowest BCUT2D eigenvalue weighted by atomic mass is 10.0. The zero-order chi connectivity index (χ0) is 23.7. The quantitative estimate of drug-likeness (QED) is 0.338. The van der Waals surface area contributed by atoms with E-state index in [0.29, 0.717) is 24.3 Å². The van der Waals surface area contributed by atoms with Gasteiger partial charge in [0.25, 0.3) is 5.91 Å². The highest BCUT2D eigenvalue weighted by atomic mass is 32.1. The number of nitrogens with one attached hydrogen (secondary N) is 1. The summed E-state index contributed by atoms with van der Waals surface area (Å²) in [6.45, 7) is 5.35. The highest BCUT2D eigenvalue weighted by Gasteiger charge is 2.27. The third-order valence-corrected chi connectivity index (χ3v) is 7.36. The van der Waals surface area contributed by atoms with E-state index in [1.807, 2.05) is 6.92 Å². The Morgan fingerprint density at radius 2 is 1.85 bits per heavy atom. The minimum absolute atomic E-state index is 0.0142. The van der Waals surface area contributed by atoms with Gasteiger partial charge in [-0.2, -0.15) is 4.98 Å². The van der Waals surface area contributed by atoms with Crippen LogP contribution in [0.2, 0.25) is 0 Å². The number of anilines is 1. The largest absolute Gasteiger partial charge is 0.480 e. The smallest absolute Gasteiger partial charge is 0.263 e. The lowest BCUT2D eigenvalue weighted by Gasteiger charge is -2.15. The number of thiophene rings is 2. The van der Waals surface area contributed by atoms with Crippen molar-refractivity contribution in [3.63, 3.8) is 0 Å². The van der Waals surface area contributed by atoms with E-state index in [1.165, 1.54) is 16.9 Å². The molecule has 0 aliphatic heterocycles. The fourth-order valence-corrected chi connectivity index (χ4v) is 5.65. The van der Waals surface area contributed by atoms with Crippen LogP contribution in [-0.4, -0.2) is 42.3 Å². The summed E-state index contributed by atoms with van der Waals surface area (Å²) >= 11 is 3.40. The van der Waals surface area contributed by atoms with Gasteiger partial charge in [-0.1, -0.05) is 12.1 Å². The predicted octanol–water partition coefficient (Wildman–Crippen LogP) is 4.63. The minimum atomic E-state index is -0.390. The van der Waals surface area contributed by atoms with E-state index < -0.39 is 5.91 Å². The van der Waals surface area contributed by atoms with Gasteiger partial charge < -0.3 is 9.30 Å². The van der Waals surface area contributed by atoms with Crippen LogP contribution >= 0.6 is 22.7 Å². The molecule has 5 aromatic rings. The van der Waals surface area contributed by atoms with Gasteiger partial charge in [0, 0.05) is 22.8 Å². The first kappa shape index (κ1) is 22.2. The summed E-state index contributed by atoms with van der Waals surface area (Å²) in [5, 5.41) is 11.1. The molecule has 9 nitrogen and oxygen atoms in total. The van der Waals surface area contributed by atoms with Crippen LogP contribution < -0.4 is 10.1 Å². The third kappa shape index (κ3) is 3.97. The zero-order valence-electron chi connectivity index (χ0n) is 18.9. The number of imidazole rings is 1. The molecule has 0 unspecified atom stereocenters. The number of aryl methyl sites for hydroxylation is 2. The summed E-state index contributed by atoms with van der Waals surface area (Å²) in [5.74, 6) is 0.918. The first-order chi connectivity index (χ1) is 16.6. The Labute approximate surface area is 204 Å². The van der Waals surface area contributed by atoms with Gasteiger partial charge in [0.2, 0.25) is 11.8 Å². The molecule has 0 radical (unpaired) electrons. The van der Waals surface area contributed by atoms with Crippen LogP contribution in [0.5, 0.6) is 5.88 Å². The number of rotatable bonds is 8. The number of pyridine rings is 1. The van der Waals surface area contributed by atoms with Crippen molar-refractivity contribution in [2.24, 2.45) is 0 Å². The summed E-state index contributed by atoms with van der Waals surface area (Å²) in [6.07, 6.45) is 1.57. The van der Waals surface area contributed by atoms with Gasteiger partial charge in [-0.3, -0.25) is 14.8 Å². The van der Waals surface area contributed by atoms with Crippen molar-refractivity contribution < 1.29 is 9.53 Å². The number of nitrogens with zero attached hydrogens (tertiary/aromatic N) is 6. The molecule has 5 heterocycles. The van der Waals surface area contributed by atoms with E-state index in [9.17, 15) is 4.79 Å². The molecule has 0 spiro atoms. The number of carbonyl (C=O) groups excluding carboxylic acids is 1. The number of hydrogen-bond acceptors (Lipinski definition) is 8. The van der Waals surface area contributed by atoms with E-state index in [2.05, 4.69) is 66.9 Å². The third-order valence-electron chi connectivity index (χ3n) is 5.49. The highest BCUT2D eigenvalue weighted by Crippen LogP contribution is 2.38. The fraction of sp³-hybridized carbons (Fsp3) is 0.261. The SMILES string of the molecule is CCn1cnc(NC(=O)c2cc3c(nc2OC)nc(C(c2cccs2)c2cccs2)n3CC)n1. The maximum Gasteiger partial charge on any atom is 0.263 e. The molecular formula is C23H23N7O2S2. The zero-order valence-corrected chi connectivity index (χ0v) is 20.6. The second-order valence-corrected chi connectivity index (χ2v) is 9.40. The van der Waals surface area contributed by atoms with Crippen LogP contribution in [0.25, 0.3) is 11.2 Å². The summed E-state index contributed by atoms with van der Waals surface area (Å²) < 4.78 is 9.22. The number of aromatic nitrogens is 6. The van der Waals surface area contributed by atoms with E-state index in [0.717, 1.165) is 11.3 Å². The summed E-state index contributed by atoms with van der Waals surface area (Å²) in [4.78, 5) is 29.2. The monoisotopic (exact) mass is 493 g/mol. The van der Waals surface area contributed by atoms with Crippen LogP contribution in [0.1, 0.15) is 45.7 Å². The maximum atomic E-state index is 13.1. The molecular weight excluding hydrogens is 470 g/mol. The van der Waals surface area contributed by atoms with Crippen molar-refractivity contribution in [3.05, 3.63) is 68.6 Å². The van der Waals surface area contributed by atoms with Crippen LogP contribution in [0, 0.1) is 0 Å². The number of hydrogen-bond donors (Lipinski definition) is 1. The number of methoxy groups -OCH3 is 1. The molecule has 0 saturated carbocycles. The molecule has 34 heavy (non-hydrogen) atoms. The first-order valence-electron chi connectivity index (χ1n) is 10.9. The Kier molecular flexibility index (Phi) is 6.12. The molecule has 0 atom stereocenters. The average molecular weight is 494 g/mol. The van der Waals surface area contributed by atoms with E-state index in [1.54, 1.807) is 39.7 Å². The average Bonchev–Trinajstić information content (AvgIpc) is 3.66. The van der Waals surface area contributed by atoms with Crippen molar-refractivity contribution in [2.75, 3.05) is 12.4 Å². The lowest BCUT2D eigenvalue weighted by Crippen LogP contribution is -2.15. The van der Waals surface area contributed by atoms with Crippen LogP contribution in [-0.2, 0) is 13.1 Å². The van der Waals surface area contributed by atoms with Gasteiger partial charge >= 0.3 is 0 Å². The standard InChI is InChI=1S/C23H23N7O2S2/c1-4-29-13-24-23(28-29)27-21(31)14-12-15-19(26-22(14)32-3)25-20(30(15)5-2)18(16-8-6-10-33-16)17-9-7-11-34-17/h6-13,18H,4-5H2,1-3H3,(H,27,28,31). The Morgan fingerprint density at radius 1 is 1.12 bits per heavy atom. The minimum Gasteiger partial charge on any atom is -0.480 e. The second-order valence-electron chi connectivity index (χ2n) is 7.44. The van der Waals surface area contributed by atoms with Gasteiger partial charge in [0.05, 0.1) is 18.5 Å². The second kappa shape index (κ2) is 9.35. The predicted molar refractivity (Wildman–Crippen MR) is 133 cm³/mol. The van der Waals surface area contributed by atoms with Crippen molar-refractivity contribution >= 4 is 45.7 Å². The molecule has 0 aromatic carbocycles. The Hall–Kier alpha value is -3.57. The molecule has 5 aromatic heterocycles. The molecule has 0 bridgehead atoms. The van der Waals surface area contributed by atoms with Crippen LogP contribution in [0.4, 0.5) is 5.95 Å². The fourth-order valence-electron chi connectivity index (χ4n) is 3.90. The molecule has 1 amide bonds. The van der Waals surface area contributed by atoms with E-state index in [-0.39, 0.29) is 17.7 Å². The first-order valence-corrected chi connectivity index (χ1v) is 12.6. The molecule has 11 heteroatoms.